The van der Waals surface area contributed by atoms with Crippen molar-refractivity contribution in [2.75, 3.05) is 0 Å². The van der Waals surface area contributed by atoms with Crippen LogP contribution in [0.2, 0.25) is 0 Å². The van der Waals surface area contributed by atoms with Crippen LogP contribution in [-0.4, -0.2) is 44.8 Å². The first-order valence-electron chi connectivity index (χ1n) is 5.65. The van der Waals surface area contributed by atoms with Crippen LogP contribution in [0.4, 0.5) is 0 Å². The van der Waals surface area contributed by atoms with Crippen LogP contribution in [0.5, 0.6) is 0 Å². The summed E-state index contributed by atoms with van der Waals surface area (Å²) in [5.41, 5.74) is 0. The van der Waals surface area contributed by atoms with E-state index in [-0.39, 0.29) is 41.8 Å². The molecular weight excluding hydrogens is 260 g/mol. The summed E-state index contributed by atoms with van der Waals surface area (Å²) >= 11 is 0. The predicted molar refractivity (Wildman–Crippen MR) is 69.4 cm³/mol. The Balaban J connectivity index is -0.0000000369. The van der Waals surface area contributed by atoms with Crippen LogP contribution in [0.15, 0.2) is 0 Å². The standard InChI is InChI=1S/4C3H8O.Cr/c4*1-3(2)4;/h4*3-4H,1-2H3;. The molecule has 0 spiro atoms. The van der Waals surface area contributed by atoms with Gasteiger partial charge in [0.15, 0.2) is 0 Å². The van der Waals surface area contributed by atoms with Gasteiger partial charge in [0.1, 0.15) is 0 Å². The van der Waals surface area contributed by atoms with Gasteiger partial charge in [0.25, 0.3) is 0 Å². The molecule has 0 aromatic carbocycles. The fourth-order valence-corrected chi connectivity index (χ4v) is 0. The van der Waals surface area contributed by atoms with Gasteiger partial charge in [0, 0.05) is 41.8 Å². The molecule has 0 radical (unpaired) electrons. The van der Waals surface area contributed by atoms with Crippen molar-refractivity contribution >= 4 is 0 Å². The molecular formula is C12H32CrO4. The molecule has 0 bridgehead atoms. The molecule has 0 saturated carbocycles. The third-order valence-corrected chi connectivity index (χ3v) is 0. The van der Waals surface area contributed by atoms with Gasteiger partial charge in [0.05, 0.1) is 0 Å². The van der Waals surface area contributed by atoms with Crippen LogP contribution in [-0.2, 0) is 17.4 Å². The Hall–Kier alpha value is 0.372. The quantitative estimate of drug-likeness (QED) is 0.546. The molecule has 0 saturated heterocycles. The van der Waals surface area contributed by atoms with Crippen LogP contribution in [0, 0.1) is 0 Å². The summed E-state index contributed by atoms with van der Waals surface area (Å²) in [5, 5.41) is 32.2. The second-order valence-corrected chi connectivity index (χ2v) is 4.37. The van der Waals surface area contributed by atoms with Crippen molar-refractivity contribution in [2.24, 2.45) is 0 Å². The molecule has 0 aliphatic carbocycles. The monoisotopic (exact) mass is 292 g/mol. The van der Waals surface area contributed by atoms with E-state index in [1.807, 2.05) is 0 Å². The predicted octanol–water partition coefficient (Wildman–Crippen LogP) is 1.55. The van der Waals surface area contributed by atoms with Crippen molar-refractivity contribution in [1.82, 2.24) is 0 Å². The van der Waals surface area contributed by atoms with Gasteiger partial charge in [-0.3, -0.25) is 0 Å². The van der Waals surface area contributed by atoms with Crippen LogP contribution >= 0.6 is 0 Å². The fraction of sp³-hybridized carbons (Fsp3) is 1.00. The van der Waals surface area contributed by atoms with Crippen molar-refractivity contribution in [3.8, 4) is 0 Å². The zero-order chi connectivity index (χ0) is 14.3. The number of aliphatic hydroxyl groups is 4. The minimum absolute atomic E-state index is 0. The van der Waals surface area contributed by atoms with E-state index in [1.54, 1.807) is 55.4 Å². The van der Waals surface area contributed by atoms with E-state index in [1.165, 1.54) is 0 Å². The Morgan fingerprint density at radius 3 is 0.412 bits per heavy atom. The molecule has 0 aliphatic rings. The molecule has 0 amide bonds. The summed E-state index contributed by atoms with van der Waals surface area (Å²) in [6, 6.07) is 0. The molecule has 0 fully saturated rings. The van der Waals surface area contributed by atoms with E-state index in [0.717, 1.165) is 0 Å². The maximum atomic E-state index is 8.06. The van der Waals surface area contributed by atoms with Crippen LogP contribution in [0.3, 0.4) is 0 Å². The second-order valence-electron chi connectivity index (χ2n) is 4.37. The second kappa shape index (κ2) is 25.3. The van der Waals surface area contributed by atoms with E-state index in [4.69, 9.17) is 20.4 Å². The van der Waals surface area contributed by atoms with E-state index in [2.05, 4.69) is 0 Å². The molecule has 5 heteroatoms. The molecule has 0 unspecified atom stereocenters. The van der Waals surface area contributed by atoms with Gasteiger partial charge in [-0.15, -0.1) is 0 Å². The molecule has 0 atom stereocenters. The molecule has 0 aromatic heterocycles. The topological polar surface area (TPSA) is 80.9 Å². The summed E-state index contributed by atoms with van der Waals surface area (Å²) in [7, 11) is 0. The normalized spacial score (nSPS) is 8.47. The Kier molecular flexibility index (Phi) is 45.2. The maximum Gasteiger partial charge on any atom is 0.0483 e. The number of hydrogen-bond acceptors (Lipinski definition) is 4. The third kappa shape index (κ3) is 24400. The first kappa shape index (κ1) is 30.4. The summed E-state index contributed by atoms with van der Waals surface area (Å²) in [6.45, 7) is 13.8. The molecule has 0 heterocycles. The first-order valence-corrected chi connectivity index (χ1v) is 5.65. The van der Waals surface area contributed by atoms with Gasteiger partial charge in [-0.1, -0.05) is 0 Å². The van der Waals surface area contributed by atoms with Gasteiger partial charge < -0.3 is 20.4 Å². The minimum atomic E-state index is -0.167. The first-order chi connectivity index (χ1) is 6.93. The Bertz CT molecular complexity index is 61.5. The van der Waals surface area contributed by atoms with Gasteiger partial charge in [-0.05, 0) is 55.4 Å². The van der Waals surface area contributed by atoms with Crippen LogP contribution < -0.4 is 0 Å². The summed E-state index contributed by atoms with van der Waals surface area (Å²) < 4.78 is 0. The van der Waals surface area contributed by atoms with Gasteiger partial charge in [-0.25, -0.2) is 0 Å². The van der Waals surface area contributed by atoms with Gasteiger partial charge >= 0.3 is 0 Å². The molecule has 4 nitrogen and oxygen atoms in total. The summed E-state index contributed by atoms with van der Waals surface area (Å²) in [6.07, 6.45) is -0.667. The Morgan fingerprint density at radius 2 is 0.412 bits per heavy atom. The largest absolute Gasteiger partial charge is 0.394 e. The molecule has 0 aromatic rings. The molecule has 4 N–H and O–H groups in total. The average Bonchev–Trinajstić information content (AvgIpc) is 1.76. The number of rotatable bonds is 0. The number of hydrogen-bond donors (Lipinski definition) is 4. The van der Waals surface area contributed by atoms with Crippen LogP contribution in [0.1, 0.15) is 55.4 Å². The minimum Gasteiger partial charge on any atom is -0.394 e. The van der Waals surface area contributed by atoms with Gasteiger partial charge in [-0.2, -0.15) is 0 Å². The third-order valence-electron chi connectivity index (χ3n) is 0. The Morgan fingerprint density at radius 1 is 0.412 bits per heavy atom. The van der Waals surface area contributed by atoms with Crippen LogP contribution in [0.25, 0.3) is 0 Å². The Labute approximate surface area is 118 Å². The van der Waals surface area contributed by atoms with E-state index >= 15 is 0 Å². The zero-order valence-electron chi connectivity index (χ0n) is 12.5. The zero-order valence-corrected chi connectivity index (χ0v) is 13.8. The van der Waals surface area contributed by atoms with Crippen molar-refractivity contribution in [1.29, 1.82) is 0 Å². The molecule has 17 heavy (non-hydrogen) atoms. The maximum absolute atomic E-state index is 8.06. The van der Waals surface area contributed by atoms with Gasteiger partial charge in [0.2, 0.25) is 0 Å². The van der Waals surface area contributed by atoms with E-state index < -0.39 is 0 Å². The fourth-order valence-electron chi connectivity index (χ4n) is 0. The summed E-state index contributed by atoms with van der Waals surface area (Å²) in [5.74, 6) is 0. The van der Waals surface area contributed by atoms with Crippen molar-refractivity contribution < 1.29 is 37.8 Å². The SMILES string of the molecule is CC(C)O.CC(C)O.CC(C)O.CC(C)O.[Cr]. The summed E-state index contributed by atoms with van der Waals surface area (Å²) in [4.78, 5) is 0. The number of aliphatic hydroxyl groups excluding tert-OH is 4. The smallest absolute Gasteiger partial charge is 0.0483 e. The average molecular weight is 292 g/mol. The van der Waals surface area contributed by atoms with Crippen molar-refractivity contribution in [2.45, 2.75) is 79.8 Å². The van der Waals surface area contributed by atoms with Crippen molar-refractivity contribution in [3.63, 3.8) is 0 Å². The van der Waals surface area contributed by atoms with E-state index in [0.29, 0.717) is 0 Å². The molecule has 0 rings (SSSR count). The van der Waals surface area contributed by atoms with E-state index in [9.17, 15) is 0 Å². The molecule has 110 valence electrons. The molecule has 0 aliphatic heterocycles. The van der Waals surface area contributed by atoms with Crippen molar-refractivity contribution in [3.05, 3.63) is 0 Å².